The Bertz CT molecular complexity index is 1120. The third-order valence-electron chi connectivity index (χ3n) is 5.36. The van der Waals surface area contributed by atoms with Gasteiger partial charge in [0, 0.05) is 35.8 Å². The van der Waals surface area contributed by atoms with Crippen LogP contribution in [-0.2, 0) is 6.54 Å². The Balaban J connectivity index is 1.42. The molecule has 3 aromatic rings. The number of hydrogen-bond donors (Lipinski definition) is 2. The molecule has 156 valence electrons. The predicted molar refractivity (Wildman–Crippen MR) is 123 cm³/mol. The normalized spacial score (nSPS) is 14.7. The van der Waals surface area contributed by atoms with Crippen LogP contribution in [0, 0.1) is 0 Å². The van der Waals surface area contributed by atoms with E-state index in [1.54, 1.807) is 4.57 Å². The molecule has 0 aliphatic carbocycles. The number of benzene rings is 2. The van der Waals surface area contributed by atoms with Crippen molar-refractivity contribution in [3.63, 3.8) is 0 Å². The van der Waals surface area contributed by atoms with Crippen LogP contribution in [-0.4, -0.2) is 34.7 Å². The maximum absolute atomic E-state index is 13.0. The van der Waals surface area contributed by atoms with Crippen LogP contribution in [0.5, 0.6) is 0 Å². The van der Waals surface area contributed by atoms with Gasteiger partial charge in [0.05, 0.1) is 11.0 Å². The van der Waals surface area contributed by atoms with E-state index in [1.807, 2.05) is 60.4 Å². The number of carbonyl (C=O) groups excluding carboxylic acids is 1. The van der Waals surface area contributed by atoms with Crippen molar-refractivity contribution < 1.29 is 4.79 Å². The van der Waals surface area contributed by atoms with Crippen LogP contribution in [0.2, 0.25) is 0 Å². The van der Waals surface area contributed by atoms with E-state index in [0.717, 1.165) is 34.0 Å². The molecule has 1 aliphatic heterocycles. The van der Waals surface area contributed by atoms with Crippen LogP contribution in [0.25, 0.3) is 11.0 Å². The number of rotatable bonds is 4. The van der Waals surface area contributed by atoms with Crippen molar-refractivity contribution in [2.45, 2.75) is 32.4 Å². The minimum absolute atomic E-state index is 0.0576. The van der Waals surface area contributed by atoms with E-state index >= 15 is 0 Å². The highest BCUT2D eigenvalue weighted by molar-refractivity contribution is 9.10. The molecule has 0 atom stereocenters. The molecule has 0 unspecified atom stereocenters. The minimum atomic E-state index is -0.219. The lowest BCUT2D eigenvalue weighted by molar-refractivity contribution is 0.246. The maximum Gasteiger partial charge on any atom is 0.319 e. The molecule has 8 heteroatoms. The van der Waals surface area contributed by atoms with Crippen molar-refractivity contribution in [2.75, 3.05) is 23.3 Å². The summed E-state index contributed by atoms with van der Waals surface area (Å²) >= 11 is 3.40. The fourth-order valence-electron chi connectivity index (χ4n) is 3.85. The van der Waals surface area contributed by atoms with E-state index in [2.05, 4.69) is 31.5 Å². The van der Waals surface area contributed by atoms with Gasteiger partial charge >= 0.3 is 6.03 Å². The van der Waals surface area contributed by atoms with Gasteiger partial charge in [-0.3, -0.25) is 4.79 Å². The highest BCUT2D eigenvalue weighted by atomic mass is 79.9. The van der Waals surface area contributed by atoms with E-state index in [1.165, 1.54) is 0 Å². The summed E-state index contributed by atoms with van der Waals surface area (Å²) in [6, 6.07) is 15.0. The summed E-state index contributed by atoms with van der Waals surface area (Å²) in [6.45, 7) is 3.92. The number of aromatic nitrogens is 2. The first-order valence-electron chi connectivity index (χ1n) is 10.1. The zero-order valence-electron chi connectivity index (χ0n) is 16.8. The highest BCUT2D eigenvalue weighted by Crippen LogP contribution is 2.19. The fraction of sp³-hybridized carbons (Fsp3) is 0.318. The molecule has 0 radical (unpaired) electrons. The number of piperidine rings is 1. The fourth-order valence-corrected chi connectivity index (χ4v) is 4.25. The second-order valence-electron chi connectivity index (χ2n) is 7.34. The quantitative estimate of drug-likeness (QED) is 0.605. The van der Waals surface area contributed by atoms with Gasteiger partial charge in [0.1, 0.15) is 0 Å². The molecule has 1 aromatic heterocycles. The third-order valence-corrected chi connectivity index (χ3v) is 5.86. The highest BCUT2D eigenvalue weighted by Gasteiger charge is 2.24. The average Bonchev–Trinajstić information content (AvgIpc) is 2.74. The molecule has 0 spiro atoms. The Kier molecular flexibility index (Phi) is 6.03. The third kappa shape index (κ3) is 4.33. The molecule has 1 fully saturated rings. The molecule has 2 aromatic carbocycles. The predicted octanol–water partition coefficient (Wildman–Crippen LogP) is 3.97. The lowest BCUT2D eigenvalue weighted by Gasteiger charge is -2.33. The van der Waals surface area contributed by atoms with Gasteiger partial charge in [-0.15, -0.1) is 0 Å². The van der Waals surface area contributed by atoms with Crippen molar-refractivity contribution in [3.8, 4) is 0 Å². The summed E-state index contributed by atoms with van der Waals surface area (Å²) in [7, 11) is 0. The van der Waals surface area contributed by atoms with E-state index < -0.39 is 0 Å². The number of urea groups is 1. The number of anilines is 2. The van der Waals surface area contributed by atoms with Crippen LogP contribution < -0.4 is 21.1 Å². The van der Waals surface area contributed by atoms with Gasteiger partial charge < -0.3 is 20.1 Å². The number of para-hydroxylation sites is 2. The molecule has 2 heterocycles. The summed E-state index contributed by atoms with van der Waals surface area (Å²) in [4.78, 5) is 32.0. The molecule has 7 nitrogen and oxygen atoms in total. The van der Waals surface area contributed by atoms with E-state index in [4.69, 9.17) is 0 Å². The van der Waals surface area contributed by atoms with Gasteiger partial charge in [-0.1, -0.05) is 34.1 Å². The minimum Gasteiger partial charge on any atom is -0.352 e. The van der Waals surface area contributed by atoms with Crippen LogP contribution in [0.1, 0.15) is 19.8 Å². The first kappa shape index (κ1) is 20.4. The molecular weight excluding hydrogens is 446 g/mol. The second-order valence-corrected chi connectivity index (χ2v) is 8.26. The molecule has 30 heavy (non-hydrogen) atoms. The first-order valence-corrected chi connectivity index (χ1v) is 10.9. The number of nitrogens with zero attached hydrogens (tertiary/aromatic N) is 3. The van der Waals surface area contributed by atoms with Gasteiger partial charge in [0.15, 0.2) is 5.82 Å². The molecule has 1 aliphatic rings. The molecule has 0 bridgehead atoms. The van der Waals surface area contributed by atoms with Crippen LogP contribution in [0.15, 0.2) is 57.8 Å². The van der Waals surface area contributed by atoms with Crippen LogP contribution >= 0.6 is 15.9 Å². The van der Waals surface area contributed by atoms with Crippen molar-refractivity contribution in [2.24, 2.45) is 0 Å². The van der Waals surface area contributed by atoms with Gasteiger partial charge in [-0.25, -0.2) is 9.78 Å². The van der Waals surface area contributed by atoms with Gasteiger partial charge in [-0.2, -0.15) is 0 Å². The Morgan fingerprint density at radius 2 is 1.93 bits per heavy atom. The number of fused-ring (bicyclic) bond motifs is 1. The Morgan fingerprint density at radius 3 is 2.67 bits per heavy atom. The van der Waals surface area contributed by atoms with Crippen LogP contribution in [0.3, 0.4) is 0 Å². The van der Waals surface area contributed by atoms with E-state index in [0.29, 0.717) is 25.5 Å². The number of hydrogen-bond acceptors (Lipinski definition) is 4. The number of nitrogens with one attached hydrogen (secondary N) is 2. The average molecular weight is 470 g/mol. The largest absolute Gasteiger partial charge is 0.352 e. The standard InChI is InChI=1S/C22H24BrN5O2/c1-2-28-19-9-4-3-8-18(19)26-20(21(28)29)27-12-10-16(11-13-27)24-22(30)25-17-7-5-6-15(23)14-17/h3-9,14,16H,2,10-13H2,1H3,(H2,24,25,30). The monoisotopic (exact) mass is 469 g/mol. The SMILES string of the molecule is CCn1c(=O)c(N2CCC(NC(=O)Nc3cccc(Br)c3)CC2)nc2ccccc21. The molecular formula is C22H24BrN5O2. The lowest BCUT2D eigenvalue weighted by atomic mass is 10.1. The van der Waals surface area contributed by atoms with Crippen LogP contribution in [0.4, 0.5) is 16.3 Å². The summed E-state index contributed by atoms with van der Waals surface area (Å²) in [5, 5.41) is 5.89. The molecule has 1 saturated heterocycles. The van der Waals surface area contributed by atoms with Crippen molar-refractivity contribution in [3.05, 3.63) is 63.4 Å². The second kappa shape index (κ2) is 8.87. The Hall–Kier alpha value is -2.87. The molecule has 0 saturated carbocycles. The van der Waals surface area contributed by atoms with Crippen molar-refractivity contribution >= 4 is 44.5 Å². The smallest absolute Gasteiger partial charge is 0.319 e. The number of halogens is 1. The Labute approximate surface area is 183 Å². The lowest BCUT2D eigenvalue weighted by Crippen LogP contribution is -2.47. The zero-order valence-corrected chi connectivity index (χ0v) is 18.4. The summed E-state index contributed by atoms with van der Waals surface area (Å²) in [5.41, 5.74) is 2.35. The first-order chi connectivity index (χ1) is 14.5. The topological polar surface area (TPSA) is 79.3 Å². The molecule has 2 amide bonds. The van der Waals surface area contributed by atoms with E-state index in [-0.39, 0.29) is 17.6 Å². The molecule has 2 N–H and O–H groups in total. The van der Waals surface area contributed by atoms with Crippen molar-refractivity contribution in [1.29, 1.82) is 0 Å². The van der Waals surface area contributed by atoms with E-state index in [9.17, 15) is 9.59 Å². The number of carbonyl (C=O) groups is 1. The zero-order chi connectivity index (χ0) is 21.1. The number of amides is 2. The number of aryl methyl sites for hydroxylation is 1. The summed E-state index contributed by atoms with van der Waals surface area (Å²) < 4.78 is 2.68. The summed E-state index contributed by atoms with van der Waals surface area (Å²) in [6.07, 6.45) is 1.51. The summed E-state index contributed by atoms with van der Waals surface area (Å²) in [5.74, 6) is 0.493. The Morgan fingerprint density at radius 1 is 1.17 bits per heavy atom. The molecule has 4 rings (SSSR count). The van der Waals surface area contributed by atoms with Gasteiger partial charge in [0.2, 0.25) is 0 Å². The van der Waals surface area contributed by atoms with Crippen molar-refractivity contribution in [1.82, 2.24) is 14.9 Å². The van der Waals surface area contributed by atoms with Gasteiger partial charge in [-0.05, 0) is 50.1 Å². The maximum atomic E-state index is 13.0. The van der Waals surface area contributed by atoms with Gasteiger partial charge in [0.25, 0.3) is 5.56 Å².